The van der Waals surface area contributed by atoms with Gasteiger partial charge in [-0.2, -0.15) is 13.5 Å². The molecule has 47 heavy (non-hydrogen) atoms. The fourth-order valence-electron chi connectivity index (χ4n) is 4.72. The highest BCUT2D eigenvalue weighted by Gasteiger charge is 2.26. The zero-order valence-electron chi connectivity index (χ0n) is 25.6. The number of halogens is 2. The first kappa shape index (κ1) is 34.2. The Kier molecular flexibility index (Phi) is 10.7. The van der Waals surface area contributed by atoms with Crippen LogP contribution >= 0.6 is 35.0 Å². The van der Waals surface area contributed by atoms with Gasteiger partial charge < -0.3 is 14.9 Å². The second-order valence-electron chi connectivity index (χ2n) is 10.3. The van der Waals surface area contributed by atoms with Crippen molar-refractivity contribution in [3.8, 4) is 22.9 Å². The lowest BCUT2D eigenvalue weighted by molar-refractivity contribution is -0.143. The van der Waals surface area contributed by atoms with Gasteiger partial charge in [-0.05, 0) is 74.7 Å². The van der Waals surface area contributed by atoms with Crippen molar-refractivity contribution < 1.29 is 22.4 Å². The first-order valence-corrected chi connectivity index (χ1v) is 17.6. The molecule has 5 aromatic rings. The van der Waals surface area contributed by atoms with E-state index in [1.54, 1.807) is 45.0 Å². The molecule has 0 spiro atoms. The van der Waals surface area contributed by atoms with Gasteiger partial charge in [0.15, 0.2) is 0 Å². The molecular weight excluding hydrogens is 683 g/mol. The first-order chi connectivity index (χ1) is 22.5. The number of sulfonamides is 1. The topological polar surface area (TPSA) is 156 Å². The summed E-state index contributed by atoms with van der Waals surface area (Å²) in [4.78, 5) is 12.1. The monoisotopic (exact) mass is 712 g/mol. The summed E-state index contributed by atoms with van der Waals surface area (Å²) in [5.74, 6) is -0.0426. The maximum absolute atomic E-state index is 14.0. The number of aromatic nitrogens is 4. The quantitative estimate of drug-likeness (QED) is 0.0664. The molecule has 0 radical (unpaired) electrons. The standard InChI is InChI=1S/C32H30Cl2N6O5S2/c1-4-44-29(41)15-14-24-19(2)38-40(20(24)3)32(35)39-47(42,43)28-16-25(26(34)17-27(28)46-18-21-8-6-5-7-9-21)31-37-36-30(45-31)22-10-12-23(33)13-11-22/h5-13,16-17H,4,14-15,18H2,1-3H3,(H2,35,39). The van der Waals surface area contributed by atoms with Gasteiger partial charge in [-0.1, -0.05) is 53.5 Å². The molecule has 244 valence electrons. The third kappa shape index (κ3) is 8.04. The van der Waals surface area contributed by atoms with Crippen LogP contribution in [-0.2, 0) is 31.7 Å². The summed E-state index contributed by atoms with van der Waals surface area (Å²) in [7, 11) is -4.45. The van der Waals surface area contributed by atoms with Crippen molar-refractivity contribution in [1.29, 1.82) is 0 Å². The Morgan fingerprint density at radius 3 is 2.45 bits per heavy atom. The van der Waals surface area contributed by atoms with Crippen LogP contribution in [0.1, 0.15) is 35.9 Å². The number of aryl methyl sites for hydroxylation is 1. The number of nitrogens with two attached hydrogens (primary N) is 1. The number of thioether (sulfide) groups is 1. The van der Waals surface area contributed by atoms with Crippen LogP contribution in [0.4, 0.5) is 0 Å². The van der Waals surface area contributed by atoms with E-state index in [4.69, 9.17) is 38.1 Å². The second kappa shape index (κ2) is 14.7. The van der Waals surface area contributed by atoms with Gasteiger partial charge in [-0.15, -0.1) is 26.4 Å². The predicted octanol–water partition coefficient (Wildman–Crippen LogP) is 6.86. The highest BCUT2D eigenvalue weighted by Crippen LogP contribution is 2.39. The van der Waals surface area contributed by atoms with Gasteiger partial charge in [0.1, 0.15) is 4.90 Å². The fourth-order valence-corrected chi connectivity index (χ4v) is 7.57. The molecule has 0 aliphatic carbocycles. The van der Waals surface area contributed by atoms with E-state index in [2.05, 4.69) is 19.7 Å². The summed E-state index contributed by atoms with van der Waals surface area (Å²) >= 11 is 14.0. The van der Waals surface area contributed by atoms with Crippen molar-refractivity contribution in [2.45, 2.75) is 49.2 Å². The third-order valence-electron chi connectivity index (χ3n) is 7.05. The van der Waals surface area contributed by atoms with E-state index in [0.717, 1.165) is 11.1 Å². The Labute approximate surface area is 286 Å². The number of benzene rings is 3. The van der Waals surface area contributed by atoms with E-state index in [0.29, 0.717) is 39.0 Å². The van der Waals surface area contributed by atoms with Gasteiger partial charge in [-0.25, -0.2) is 4.68 Å². The predicted molar refractivity (Wildman–Crippen MR) is 182 cm³/mol. The van der Waals surface area contributed by atoms with Crippen molar-refractivity contribution in [2.24, 2.45) is 10.1 Å². The number of carbonyl (C=O) groups is 1. The summed E-state index contributed by atoms with van der Waals surface area (Å²) in [5.41, 5.74) is 9.96. The van der Waals surface area contributed by atoms with Gasteiger partial charge in [0.25, 0.3) is 10.0 Å². The molecule has 0 aliphatic rings. The number of hydrogen-bond acceptors (Lipinski definition) is 9. The molecule has 0 fully saturated rings. The summed E-state index contributed by atoms with van der Waals surface area (Å²) < 4.78 is 44.1. The van der Waals surface area contributed by atoms with Gasteiger partial charge in [0.05, 0.1) is 22.9 Å². The van der Waals surface area contributed by atoms with Gasteiger partial charge in [0.2, 0.25) is 17.7 Å². The summed E-state index contributed by atoms with van der Waals surface area (Å²) in [6.45, 7) is 5.49. The third-order valence-corrected chi connectivity index (χ3v) is 10.2. The van der Waals surface area contributed by atoms with Crippen LogP contribution in [0.3, 0.4) is 0 Å². The number of nitrogens with zero attached hydrogens (tertiary/aromatic N) is 5. The summed E-state index contributed by atoms with van der Waals surface area (Å²) in [6, 6.07) is 19.3. The molecule has 0 bridgehead atoms. The fraction of sp³-hybridized carbons (Fsp3) is 0.219. The molecule has 11 nitrogen and oxygen atoms in total. The normalized spacial score (nSPS) is 12.0. The zero-order valence-corrected chi connectivity index (χ0v) is 28.8. The Morgan fingerprint density at radius 2 is 1.74 bits per heavy atom. The van der Waals surface area contributed by atoms with Gasteiger partial charge in [-0.3, -0.25) is 4.79 Å². The number of hydrogen-bond donors (Lipinski definition) is 1. The van der Waals surface area contributed by atoms with E-state index in [1.165, 1.54) is 28.6 Å². The summed E-state index contributed by atoms with van der Waals surface area (Å²) in [5, 5.41) is 13.4. The SMILES string of the molecule is CCOC(=O)CCc1c(C)nn(/C(N)=N/S(=O)(=O)c2cc(-c3nnc(-c4ccc(Cl)cc4)o3)c(Cl)cc2SCc2ccccc2)c1C. The molecule has 2 heterocycles. The average molecular weight is 714 g/mol. The van der Waals surface area contributed by atoms with Crippen molar-refractivity contribution in [3.05, 3.63) is 99.3 Å². The van der Waals surface area contributed by atoms with Crippen molar-refractivity contribution in [2.75, 3.05) is 6.61 Å². The molecule has 0 amide bonds. The minimum atomic E-state index is -4.45. The lowest BCUT2D eigenvalue weighted by atomic mass is 10.1. The van der Waals surface area contributed by atoms with Crippen LogP contribution in [0.25, 0.3) is 22.9 Å². The number of esters is 1. The van der Waals surface area contributed by atoms with E-state index in [-0.39, 0.29) is 52.2 Å². The molecule has 0 aliphatic heterocycles. The lowest BCUT2D eigenvalue weighted by Crippen LogP contribution is -2.26. The van der Waals surface area contributed by atoms with E-state index in [1.807, 2.05) is 30.3 Å². The molecular formula is C32H30Cl2N6O5S2. The van der Waals surface area contributed by atoms with Gasteiger partial charge >= 0.3 is 5.97 Å². The molecule has 5 rings (SSSR count). The van der Waals surface area contributed by atoms with E-state index >= 15 is 0 Å². The van der Waals surface area contributed by atoms with Crippen LogP contribution < -0.4 is 5.73 Å². The first-order valence-electron chi connectivity index (χ1n) is 14.4. The van der Waals surface area contributed by atoms with Crippen molar-refractivity contribution in [1.82, 2.24) is 20.0 Å². The molecule has 2 N–H and O–H groups in total. The smallest absolute Gasteiger partial charge is 0.306 e. The number of rotatable bonds is 11. The molecule has 0 unspecified atom stereocenters. The van der Waals surface area contributed by atoms with E-state index < -0.39 is 10.0 Å². The van der Waals surface area contributed by atoms with Crippen LogP contribution in [0.5, 0.6) is 0 Å². The number of ether oxygens (including phenoxy) is 1. The maximum atomic E-state index is 14.0. The molecule has 0 saturated carbocycles. The highest BCUT2D eigenvalue weighted by atomic mass is 35.5. The van der Waals surface area contributed by atoms with Crippen molar-refractivity contribution in [3.63, 3.8) is 0 Å². The largest absolute Gasteiger partial charge is 0.466 e. The zero-order chi connectivity index (χ0) is 33.7. The Bertz CT molecular complexity index is 2050. The Balaban J connectivity index is 1.53. The van der Waals surface area contributed by atoms with Crippen LogP contribution in [0, 0.1) is 13.8 Å². The van der Waals surface area contributed by atoms with Crippen molar-refractivity contribution >= 4 is 56.9 Å². The average Bonchev–Trinajstić information content (AvgIpc) is 3.64. The Hall–Kier alpha value is -4.17. The molecule has 0 saturated heterocycles. The van der Waals surface area contributed by atoms with Gasteiger partial charge in [0, 0.05) is 33.3 Å². The Morgan fingerprint density at radius 1 is 1.04 bits per heavy atom. The van der Waals surface area contributed by atoms with Crippen LogP contribution in [0.15, 0.2) is 85.3 Å². The van der Waals surface area contributed by atoms with Crippen LogP contribution in [0.2, 0.25) is 10.0 Å². The van der Waals surface area contributed by atoms with Crippen LogP contribution in [-0.4, -0.2) is 46.9 Å². The van der Waals surface area contributed by atoms with E-state index in [9.17, 15) is 13.2 Å². The molecule has 0 atom stereocenters. The molecule has 15 heteroatoms. The maximum Gasteiger partial charge on any atom is 0.306 e. The minimum absolute atomic E-state index is 0.0118. The highest BCUT2D eigenvalue weighted by molar-refractivity contribution is 7.99. The second-order valence-corrected chi connectivity index (χ2v) is 13.7. The molecule has 2 aromatic heterocycles. The lowest BCUT2D eigenvalue weighted by Gasteiger charge is -2.12. The number of carbonyl (C=O) groups excluding carboxylic acids is 1. The minimum Gasteiger partial charge on any atom is -0.466 e. The molecule has 3 aromatic carbocycles. The summed E-state index contributed by atoms with van der Waals surface area (Å²) in [6.07, 6.45) is 0.487.